The number of halogens is 3. The molecule has 35 heavy (non-hydrogen) atoms. The van der Waals surface area contributed by atoms with Crippen LogP contribution in [0.3, 0.4) is 0 Å². The Morgan fingerprint density at radius 3 is 2.34 bits per heavy atom. The van der Waals surface area contributed by atoms with Gasteiger partial charge in [-0.3, -0.25) is 4.79 Å². The van der Waals surface area contributed by atoms with Crippen molar-refractivity contribution in [2.24, 2.45) is 0 Å². The fourth-order valence-corrected chi connectivity index (χ4v) is 4.61. The van der Waals surface area contributed by atoms with Crippen molar-refractivity contribution in [2.45, 2.75) is 30.6 Å². The Labute approximate surface area is 207 Å². The minimum absolute atomic E-state index is 0.153. The zero-order valence-corrected chi connectivity index (χ0v) is 20.2. The van der Waals surface area contributed by atoms with Gasteiger partial charge in [0, 0.05) is 35.8 Å². The van der Waals surface area contributed by atoms with Crippen molar-refractivity contribution in [3.63, 3.8) is 0 Å². The highest BCUT2D eigenvalue weighted by Gasteiger charge is 2.30. The van der Waals surface area contributed by atoms with Gasteiger partial charge in [0.1, 0.15) is 6.10 Å². The van der Waals surface area contributed by atoms with Crippen LogP contribution >= 0.6 is 11.8 Å². The van der Waals surface area contributed by atoms with Crippen LogP contribution in [0.5, 0.6) is 0 Å². The summed E-state index contributed by atoms with van der Waals surface area (Å²) in [6.45, 7) is 4.14. The minimum Gasteiger partial charge on any atom is -0.370 e. The summed E-state index contributed by atoms with van der Waals surface area (Å²) in [5.74, 6) is 0.866. The molecule has 184 valence electrons. The summed E-state index contributed by atoms with van der Waals surface area (Å²) in [6.07, 6.45) is -4.58. The Morgan fingerprint density at radius 2 is 1.71 bits per heavy atom. The predicted octanol–water partition coefficient (Wildman–Crippen LogP) is 6.33. The van der Waals surface area contributed by atoms with Gasteiger partial charge in [0.05, 0.1) is 12.2 Å². The van der Waals surface area contributed by atoms with Gasteiger partial charge < -0.3 is 15.0 Å². The summed E-state index contributed by atoms with van der Waals surface area (Å²) < 4.78 is 44.4. The number of morpholine rings is 1. The van der Waals surface area contributed by atoms with E-state index >= 15 is 0 Å². The molecule has 1 fully saturated rings. The van der Waals surface area contributed by atoms with Crippen LogP contribution in [0, 0.1) is 0 Å². The molecular formula is C27H27F3N2O2S. The molecule has 4 nitrogen and oxygen atoms in total. The van der Waals surface area contributed by atoms with E-state index in [1.165, 1.54) is 17.0 Å². The number of carbonyl (C=O) groups is 1. The molecule has 0 radical (unpaired) electrons. The van der Waals surface area contributed by atoms with E-state index in [0.29, 0.717) is 31.8 Å². The molecule has 3 aromatic carbocycles. The first-order valence-electron chi connectivity index (χ1n) is 11.5. The summed E-state index contributed by atoms with van der Waals surface area (Å²) in [4.78, 5) is 15.8. The zero-order chi connectivity index (χ0) is 24.8. The number of ether oxygens (including phenoxy) is 1. The van der Waals surface area contributed by atoms with Crippen LogP contribution < -0.4 is 10.2 Å². The average molecular weight is 501 g/mol. The van der Waals surface area contributed by atoms with Crippen molar-refractivity contribution < 1.29 is 22.7 Å². The van der Waals surface area contributed by atoms with Gasteiger partial charge in [-0.15, -0.1) is 11.8 Å². The van der Waals surface area contributed by atoms with E-state index in [1.807, 2.05) is 29.2 Å². The third kappa shape index (κ3) is 6.58. The van der Waals surface area contributed by atoms with Crippen LogP contribution in [0.2, 0.25) is 0 Å². The lowest BCUT2D eigenvalue weighted by atomic mass is 10.0. The fourth-order valence-electron chi connectivity index (χ4n) is 3.95. The highest BCUT2D eigenvalue weighted by atomic mass is 32.2. The minimum atomic E-state index is -4.35. The van der Waals surface area contributed by atoms with E-state index in [9.17, 15) is 18.0 Å². The number of nitrogens with one attached hydrogen (secondary N) is 1. The maximum Gasteiger partial charge on any atom is 0.416 e. The summed E-state index contributed by atoms with van der Waals surface area (Å²) >= 11 is 1.78. The van der Waals surface area contributed by atoms with E-state index in [0.717, 1.165) is 34.7 Å². The van der Waals surface area contributed by atoms with Crippen LogP contribution in [0.1, 0.15) is 40.1 Å². The lowest BCUT2D eigenvalue weighted by molar-refractivity contribution is -0.137. The van der Waals surface area contributed by atoms with Gasteiger partial charge in [-0.2, -0.15) is 13.2 Å². The van der Waals surface area contributed by atoms with Gasteiger partial charge in [0.15, 0.2) is 0 Å². The number of amides is 1. The van der Waals surface area contributed by atoms with Crippen molar-refractivity contribution in [1.29, 1.82) is 0 Å². The average Bonchev–Trinajstić information content (AvgIpc) is 2.88. The molecule has 8 heteroatoms. The number of rotatable bonds is 7. The van der Waals surface area contributed by atoms with E-state index < -0.39 is 11.7 Å². The second-order valence-corrected chi connectivity index (χ2v) is 9.57. The summed E-state index contributed by atoms with van der Waals surface area (Å²) in [6, 6.07) is 20.6. The van der Waals surface area contributed by atoms with E-state index in [1.54, 1.807) is 23.9 Å². The second kappa shape index (κ2) is 11.2. The number of alkyl halides is 3. The largest absolute Gasteiger partial charge is 0.416 e. The Hall–Kier alpha value is -2.97. The molecular weight excluding hydrogens is 473 g/mol. The van der Waals surface area contributed by atoms with E-state index in [4.69, 9.17) is 4.74 Å². The molecule has 0 saturated carbocycles. The fraction of sp³-hybridized carbons (Fsp3) is 0.296. The van der Waals surface area contributed by atoms with Crippen molar-refractivity contribution in [3.8, 4) is 0 Å². The molecule has 0 spiro atoms. The number of carbonyl (C=O) groups excluding carboxylic acids is 1. The third-order valence-corrected chi connectivity index (χ3v) is 6.75. The molecule has 1 atom stereocenters. The first-order valence-corrected chi connectivity index (χ1v) is 12.5. The molecule has 4 rings (SSSR count). The molecule has 1 unspecified atom stereocenters. The first-order chi connectivity index (χ1) is 16.8. The normalized spacial score (nSPS) is 16.2. The molecule has 1 aliphatic rings. The number of thioether (sulfide) groups is 1. The summed E-state index contributed by atoms with van der Waals surface area (Å²) in [7, 11) is 0. The Bertz CT molecular complexity index is 1120. The number of hydrogen-bond acceptors (Lipinski definition) is 4. The molecule has 0 bridgehead atoms. The van der Waals surface area contributed by atoms with Gasteiger partial charge in [-0.05, 0) is 65.4 Å². The summed E-state index contributed by atoms with van der Waals surface area (Å²) in [5.41, 5.74) is 2.58. The van der Waals surface area contributed by atoms with Crippen LogP contribution in [0.25, 0.3) is 0 Å². The van der Waals surface area contributed by atoms with Crippen LogP contribution in [-0.2, 0) is 17.5 Å². The monoisotopic (exact) mass is 500 g/mol. The highest BCUT2D eigenvalue weighted by Crippen LogP contribution is 2.32. The van der Waals surface area contributed by atoms with Gasteiger partial charge in [-0.25, -0.2) is 0 Å². The maximum absolute atomic E-state index is 12.8. The van der Waals surface area contributed by atoms with E-state index in [-0.39, 0.29) is 12.0 Å². The standard InChI is InChI=1S/C27H27F3N2O2S/c1-2-35-24-13-3-19(4-14-24)17-31-26(33)21-7-5-20(6-8-21)25-18-32(15-16-34-25)23-11-9-22(10-12-23)27(28,29)30/h3-14,25H,2,15-18H2,1H3,(H,31,33). The van der Waals surface area contributed by atoms with Gasteiger partial charge >= 0.3 is 6.18 Å². The molecule has 1 heterocycles. The van der Waals surface area contributed by atoms with Crippen molar-refractivity contribution in [3.05, 3.63) is 95.1 Å². The predicted molar refractivity (Wildman–Crippen MR) is 133 cm³/mol. The zero-order valence-electron chi connectivity index (χ0n) is 19.3. The molecule has 1 saturated heterocycles. The Kier molecular flexibility index (Phi) is 8.03. The highest BCUT2D eigenvalue weighted by molar-refractivity contribution is 7.99. The van der Waals surface area contributed by atoms with Crippen molar-refractivity contribution >= 4 is 23.4 Å². The Morgan fingerprint density at radius 1 is 1.03 bits per heavy atom. The molecule has 1 amide bonds. The lowest BCUT2D eigenvalue weighted by Crippen LogP contribution is -2.38. The van der Waals surface area contributed by atoms with Crippen LogP contribution in [0.15, 0.2) is 77.7 Å². The Balaban J connectivity index is 1.34. The molecule has 1 N–H and O–H groups in total. The smallest absolute Gasteiger partial charge is 0.370 e. The number of hydrogen-bond donors (Lipinski definition) is 1. The SMILES string of the molecule is CCSc1ccc(CNC(=O)c2ccc(C3CN(c4ccc(C(F)(F)F)cc4)CCO3)cc2)cc1. The van der Waals surface area contributed by atoms with Gasteiger partial charge in [-0.1, -0.05) is 31.2 Å². The summed E-state index contributed by atoms with van der Waals surface area (Å²) in [5, 5.41) is 2.94. The van der Waals surface area contributed by atoms with Crippen molar-refractivity contribution in [1.82, 2.24) is 5.32 Å². The molecule has 1 aliphatic heterocycles. The van der Waals surface area contributed by atoms with Crippen molar-refractivity contribution in [2.75, 3.05) is 30.3 Å². The van der Waals surface area contributed by atoms with Gasteiger partial charge in [0.25, 0.3) is 5.91 Å². The molecule has 0 aliphatic carbocycles. The molecule has 0 aromatic heterocycles. The van der Waals surface area contributed by atoms with Gasteiger partial charge in [0.2, 0.25) is 0 Å². The third-order valence-electron chi connectivity index (χ3n) is 5.86. The number of nitrogens with zero attached hydrogens (tertiary/aromatic N) is 1. The topological polar surface area (TPSA) is 41.6 Å². The van der Waals surface area contributed by atoms with Crippen LogP contribution in [0.4, 0.5) is 18.9 Å². The second-order valence-electron chi connectivity index (χ2n) is 8.23. The van der Waals surface area contributed by atoms with E-state index in [2.05, 4.69) is 24.4 Å². The maximum atomic E-state index is 12.8. The molecule has 3 aromatic rings. The first kappa shape index (κ1) is 25.1. The quantitative estimate of drug-likeness (QED) is 0.385. The number of benzene rings is 3. The van der Waals surface area contributed by atoms with Crippen LogP contribution in [-0.4, -0.2) is 31.4 Å². The number of anilines is 1. The lowest BCUT2D eigenvalue weighted by Gasteiger charge is -2.35.